The van der Waals surface area contributed by atoms with Gasteiger partial charge in [0.05, 0.1) is 5.69 Å². The average Bonchev–Trinajstić information content (AvgIpc) is 3.18. The van der Waals surface area contributed by atoms with Gasteiger partial charge in [0, 0.05) is 56.3 Å². The van der Waals surface area contributed by atoms with Crippen LogP contribution in [0.2, 0.25) is 0 Å². The standard InChI is InChI=1S/C23H26FN5O/c1-3-19(30)29-14-23(15-29)10-12-28(13-23)22-25-20(16-7-4-5-9-18(16)24)17-8-6-11-27(2)21(17)26-22/h3-5,7,9H,1,6,8,10-15H2,2H3. The van der Waals surface area contributed by atoms with Crippen LogP contribution in [0, 0.1) is 11.2 Å². The number of benzene rings is 1. The van der Waals surface area contributed by atoms with Crippen molar-refractivity contribution >= 4 is 17.7 Å². The zero-order valence-corrected chi connectivity index (χ0v) is 17.3. The van der Waals surface area contributed by atoms with Gasteiger partial charge in [-0.15, -0.1) is 0 Å². The zero-order valence-electron chi connectivity index (χ0n) is 17.3. The molecule has 1 amide bonds. The van der Waals surface area contributed by atoms with Gasteiger partial charge in [-0.25, -0.2) is 9.37 Å². The number of carbonyl (C=O) groups is 1. The van der Waals surface area contributed by atoms with Crippen LogP contribution in [0.5, 0.6) is 0 Å². The maximum Gasteiger partial charge on any atom is 0.245 e. The van der Waals surface area contributed by atoms with Gasteiger partial charge in [0.2, 0.25) is 11.9 Å². The van der Waals surface area contributed by atoms with Gasteiger partial charge in [-0.2, -0.15) is 4.98 Å². The fourth-order valence-electron chi connectivity index (χ4n) is 5.04. The highest BCUT2D eigenvalue weighted by molar-refractivity contribution is 5.87. The molecule has 5 rings (SSSR count). The Bertz CT molecular complexity index is 1020. The van der Waals surface area contributed by atoms with Gasteiger partial charge in [-0.1, -0.05) is 18.7 Å². The molecule has 0 N–H and O–H groups in total. The average molecular weight is 407 g/mol. The van der Waals surface area contributed by atoms with Gasteiger partial charge < -0.3 is 14.7 Å². The summed E-state index contributed by atoms with van der Waals surface area (Å²) < 4.78 is 14.7. The van der Waals surface area contributed by atoms with Gasteiger partial charge in [-0.3, -0.25) is 4.79 Å². The van der Waals surface area contributed by atoms with Crippen LogP contribution in [-0.4, -0.2) is 60.5 Å². The Morgan fingerprint density at radius 1 is 1.20 bits per heavy atom. The smallest absolute Gasteiger partial charge is 0.245 e. The van der Waals surface area contributed by atoms with E-state index >= 15 is 0 Å². The zero-order chi connectivity index (χ0) is 20.9. The van der Waals surface area contributed by atoms with Crippen LogP contribution in [0.15, 0.2) is 36.9 Å². The highest BCUT2D eigenvalue weighted by Crippen LogP contribution is 2.42. The summed E-state index contributed by atoms with van der Waals surface area (Å²) in [5, 5.41) is 0. The minimum absolute atomic E-state index is 0.00688. The molecule has 1 aromatic carbocycles. The first-order valence-corrected chi connectivity index (χ1v) is 10.5. The maximum atomic E-state index is 14.7. The molecule has 2 fully saturated rings. The minimum atomic E-state index is -0.256. The molecule has 1 aromatic heterocycles. The van der Waals surface area contributed by atoms with Gasteiger partial charge in [0.1, 0.15) is 11.6 Å². The quantitative estimate of drug-likeness (QED) is 0.733. The summed E-state index contributed by atoms with van der Waals surface area (Å²) in [6.07, 6.45) is 4.24. The summed E-state index contributed by atoms with van der Waals surface area (Å²) in [4.78, 5) is 27.8. The molecule has 0 aliphatic carbocycles. The lowest BCUT2D eigenvalue weighted by atomic mass is 9.79. The lowest BCUT2D eigenvalue weighted by Crippen LogP contribution is -2.59. The lowest BCUT2D eigenvalue weighted by Gasteiger charge is -2.47. The second-order valence-electron chi connectivity index (χ2n) is 8.75. The van der Waals surface area contributed by atoms with Crippen molar-refractivity contribution in [3.63, 3.8) is 0 Å². The van der Waals surface area contributed by atoms with Crippen LogP contribution < -0.4 is 9.80 Å². The molecule has 7 heteroatoms. The van der Waals surface area contributed by atoms with Crippen LogP contribution in [0.1, 0.15) is 18.4 Å². The molecule has 6 nitrogen and oxygen atoms in total. The number of aromatic nitrogens is 2. The van der Waals surface area contributed by atoms with Gasteiger partial charge in [-0.05, 0) is 37.5 Å². The van der Waals surface area contributed by atoms with Crippen LogP contribution in [0.3, 0.4) is 0 Å². The number of fused-ring (bicyclic) bond motifs is 1. The Morgan fingerprint density at radius 2 is 2.00 bits per heavy atom. The van der Waals surface area contributed by atoms with Crippen molar-refractivity contribution in [3.05, 3.63) is 48.3 Å². The molecule has 0 atom stereocenters. The van der Waals surface area contributed by atoms with E-state index in [-0.39, 0.29) is 17.1 Å². The topological polar surface area (TPSA) is 52.6 Å². The number of hydrogen-bond acceptors (Lipinski definition) is 5. The first kappa shape index (κ1) is 19.0. The van der Waals surface area contributed by atoms with E-state index < -0.39 is 0 Å². The van der Waals surface area contributed by atoms with E-state index in [2.05, 4.69) is 16.4 Å². The van der Waals surface area contributed by atoms with Crippen molar-refractivity contribution in [2.75, 3.05) is 49.6 Å². The first-order chi connectivity index (χ1) is 14.5. The molecule has 3 aliphatic heterocycles. The summed E-state index contributed by atoms with van der Waals surface area (Å²) in [7, 11) is 2.04. The molecule has 156 valence electrons. The van der Waals surface area contributed by atoms with Crippen LogP contribution in [-0.2, 0) is 11.2 Å². The van der Waals surface area contributed by atoms with E-state index in [0.717, 1.165) is 63.4 Å². The summed E-state index contributed by atoms with van der Waals surface area (Å²) in [5.74, 6) is 1.30. The van der Waals surface area contributed by atoms with Crippen molar-refractivity contribution in [3.8, 4) is 11.3 Å². The molecule has 2 saturated heterocycles. The third kappa shape index (κ3) is 3.04. The summed E-state index contributed by atoms with van der Waals surface area (Å²) >= 11 is 0. The number of hydrogen-bond donors (Lipinski definition) is 0. The number of rotatable bonds is 3. The third-order valence-electron chi connectivity index (χ3n) is 6.64. The molecule has 2 aromatic rings. The first-order valence-electron chi connectivity index (χ1n) is 10.5. The third-order valence-corrected chi connectivity index (χ3v) is 6.64. The van der Waals surface area contributed by atoms with Crippen molar-refractivity contribution < 1.29 is 9.18 Å². The predicted octanol–water partition coefficient (Wildman–Crippen LogP) is 2.89. The summed E-state index contributed by atoms with van der Waals surface area (Å²) in [6.45, 7) is 7.67. The molecule has 30 heavy (non-hydrogen) atoms. The van der Waals surface area contributed by atoms with E-state index in [4.69, 9.17) is 9.97 Å². The second kappa shape index (κ2) is 7.07. The number of halogens is 1. The van der Waals surface area contributed by atoms with Crippen LogP contribution in [0.25, 0.3) is 11.3 Å². The Hall–Kier alpha value is -2.96. The number of carbonyl (C=O) groups excluding carboxylic acids is 1. The monoisotopic (exact) mass is 407 g/mol. The molecular formula is C23H26FN5O. The molecule has 0 bridgehead atoms. The Kier molecular flexibility index (Phi) is 4.49. The molecule has 1 spiro atoms. The molecule has 4 heterocycles. The van der Waals surface area contributed by atoms with E-state index in [1.54, 1.807) is 12.1 Å². The van der Waals surface area contributed by atoms with Gasteiger partial charge in [0.25, 0.3) is 0 Å². The van der Waals surface area contributed by atoms with E-state index in [0.29, 0.717) is 17.2 Å². The normalized spacial score (nSPS) is 19.6. The van der Waals surface area contributed by atoms with E-state index in [1.807, 2.05) is 18.0 Å². The number of amides is 1. The van der Waals surface area contributed by atoms with Crippen molar-refractivity contribution in [1.29, 1.82) is 0 Å². The highest BCUT2D eigenvalue weighted by Gasteiger charge is 2.49. The van der Waals surface area contributed by atoms with Crippen LogP contribution in [0.4, 0.5) is 16.2 Å². The van der Waals surface area contributed by atoms with Gasteiger partial charge >= 0.3 is 0 Å². The van der Waals surface area contributed by atoms with Crippen LogP contribution >= 0.6 is 0 Å². The maximum absolute atomic E-state index is 14.7. The molecule has 3 aliphatic rings. The number of likely N-dealkylation sites (tertiary alicyclic amines) is 1. The lowest BCUT2D eigenvalue weighted by molar-refractivity contribution is -0.136. The second-order valence-corrected chi connectivity index (χ2v) is 8.75. The SMILES string of the molecule is C=CC(=O)N1CC2(CCN(c3nc(-c4ccccc4F)c4c(n3)N(C)CCC4)C2)C1. The Morgan fingerprint density at radius 3 is 2.77 bits per heavy atom. The van der Waals surface area contributed by atoms with Crippen molar-refractivity contribution in [1.82, 2.24) is 14.9 Å². The van der Waals surface area contributed by atoms with Crippen molar-refractivity contribution in [2.45, 2.75) is 19.3 Å². The van der Waals surface area contributed by atoms with Crippen molar-refractivity contribution in [2.24, 2.45) is 5.41 Å². The molecular weight excluding hydrogens is 381 g/mol. The molecule has 0 unspecified atom stereocenters. The largest absolute Gasteiger partial charge is 0.359 e. The predicted molar refractivity (Wildman–Crippen MR) is 115 cm³/mol. The highest BCUT2D eigenvalue weighted by atomic mass is 19.1. The van der Waals surface area contributed by atoms with E-state index in [9.17, 15) is 9.18 Å². The summed E-state index contributed by atoms with van der Waals surface area (Å²) in [6, 6.07) is 6.84. The van der Waals surface area contributed by atoms with Gasteiger partial charge in [0.15, 0.2) is 0 Å². The number of anilines is 2. The number of nitrogens with zero attached hydrogens (tertiary/aromatic N) is 5. The fourth-order valence-corrected chi connectivity index (χ4v) is 5.04. The summed E-state index contributed by atoms with van der Waals surface area (Å²) in [5.41, 5.74) is 2.37. The Labute approximate surface area is 176 Å². The molecule has 0 radical (unpaired) electrons. The minimum Gasteiger partial charge on any atom is -0.359 e. The fraction of sp³-hybridized carbons (Fsp3) is 0.435. The molecule has 0 saturated carbocycles. The Balaban J connectivity index is 1.49. The van der Waals surface area contributed by atoms with E-state index in [1.165, 1.54) is 12.1 Å².